The second-order valence-corrected chi connectivity index (χ2v) is 9.79. The van der Waals surface area contributed by atoms with Gasteiger partial charge < -0.3 is 19.2 Å². The topological polar surface area (TPSA) is 45.9 Å². The van der Waals surface area contributed by atoms with Crippen molar-refractivity contribution >= 4 is 17.7 Å². The molecular formula is C36H26N5OPt-3. The summed E-state index contributed by atoms with van der Waals surface area (Å²) in [5, 5.41) is 6.28. The van der Waals surface area contributed by atoms with E-state index in [1.165, 1.54) is 0 Å². The van der Waals surface area contributed by atoms with E-state index in [4.69, 9.17) is 9.72 Å². The van der Waals surface area contributed by atoms with Crippen molar-refractivity contribution in [2.24, 2.45) is 12.1 Å². The van der Waals surface area contributed by atoms with Crippen molar-refractivity contribution in [2.75, 3.05) is 9.91 Å². The van der Waals surface area contributed by atoms with E-state index in [2.05, 4.69) is 46.1 Å². The van der Waals surface area contributed by atoms with Gasteiger partial charge in [-0.1, -0.05) is 90.6 Å². The number of aromatic nitrogens is 2. The molecule has 0 aliphatic carbocycles. The molecule has 1 aromatic heterocycles. The molecule has 214 valence electrons. The zero-order chi connectivity index (χ0) is 28.3. The van der Waals surface area contributed by atoms with E-state index in [0.717, 1.165) is 45.3 Å². The van der Waals surface area contributed by atoms with Gasteiger partial charge in [0.05, 0.1) is 23.6 Å². The maximum absolute atomic E-state index is 6.24. The molecule has 1 aliphatic heterocycles. The normalized spacial score (nSPS) is 12.3. The quantitative estimate of drug-likeness (QED) is 0.155. The smallest absolute Gasteiger partial charge is 0.0849 e. The molecule has 43 heavy (non-hydrogen) atoms. The van der Waals surface area contributed by atoms with E-state index in [1.54, 1.807) is 11.3 Å². The molecule has 0 spiro atoms. The number of imidazole rings is 1. The predicted octanol–water partition coefficient (Wildman–Crippen LogP) is 8.20. The number of anilines is 2. The van der Waals surface area contributed by atoms with Crippen LogP contribution in [0.15, 0.2) is 132 Å². The molecule has 0 saturated carbocycles. The Kier molecular flexibility index (Phi) is 8.21. The van der Waals surface area contributed by atoms with Crippen molar-refractivity contribution in [3.63, 3.8) is 0 Å². The largest absolute Gasteiger partial charge is 0.503 e. The van der Waals surface area contributed by atoms with E-state index < -0.39 is 0 Å². The van der Waals surface area contributed by atoms with Crippen molar-refractivity contribution < 1.29 is 25.8 Å². The summed E-state index contributed by atoms with van der Waals surface area (Å²) >= 11 is 0. The Balaban J connectivity index is 0.00000329. The fourth-order valence-corrected chi connectivity index (χ4v) is 5.00. The summed E-state index contributed by atoms with van der Waals surface area (Å²) in [5.74, 6) is 1.95. The van der Waals surface area contributed by atoms with E-state index in [1.807, 2.05) is 122 Å². The Labute approximate surface area is 265 Å². The summed E-state index contributed by atoms with van der Waals surface area (Å²) in [6.07, 6.45) is 1.77. The van der Waals surface area contributed by atoms with Crippen molar-refractivity contribution in [1.82, 2.24) is 9.55 Å². The minimum absolute atomic E-state index is 0. The van der Waals surface area contributed by atoms with Crippen LogP contribution in [0.25, 0.3) is 33.9 Å². The van der Waals surface area contributed by atoms with Gasteiger partial charge in [-0.3, -0.25) is 4.98 Å². The number of benzene rings is 5. The molecule has 0 bridgehead atoms. The average molecular weight is 740 g/mol. The second-order valence-electron chi connectivity index (χ2n) is 9.79. The predicted molar refractivity (Wildman–Crippen MR) is 168 cm³/mol. The van der Waals surface area contributed by atoms with Crippen LogP contribution in [0.3, 0.4) is 0 Å². The summed E-state index contributed by atoms with van der Waals surface area (Å²) < 4.78 is 8.37. The minimum Gasteiger partial charge on any atom is -0.503 e. The number of hydrogen-bond donors (Lipinski definition) is 0. The molecule has 6 nitrogen and oxygen atoms in total. The maximum Gasteiger partial charge on any atom is 0.0849 e. The van der Waals surface area contributed by atoms with E-state index >= 15 is 0 Å². The molecule has 5 aromatic carbocycles. The van der Waals surface area contributed by atoms with Crippen molar-refractivity contribution in [1.29, 1.82) is 0 Å². The molecule has 0 unspecified atom stereocenters. The van der Waals surface area contributed by atoms with E-state index in [9.17, 15) is 0 Å². The Morgan fingerprint density at radius 3 is 2.02 bits per heavy atom. The maximum atomic E-state index is 6.24. The van der Waals surface area contributed by atoms with Crippen LogP contribution in [0.2, 0.25) is 0 Å². The van der Waals surface area contributed by atoms with Gasteiger partial charge in [0.1, 0.15) is 0 Å². The number of hydrazone groups is 1. The summed E-state index contributed by atoms with van der Waals surface area (Å²) in [7, 11) is 2.04. The van der Waals surface area contributed by atoms with Gasteiger partial charge in [-0.05, 0) is 17.7 Å². The van der Waals surface area contributed by atoms with Gasteiger partial charge in [0.25, 0.3) is 0 Å². The van der Waals surface area contributed by atoms with Crippen LogP contribution in [-0.4, -0.2) is 15.9 Å². The molecule has 0 atom stereocenters. The van der Waals surface area contributed by atoms with Gasteiger partial charge in [0.2, 0.25) is 0 Å². The molecule has 7 heteroatoms. The molecule has 1 aliphatic rings. The number of para-hydroxylation sites is 1. The van der Waals surface area contributed by atoms with Gasteiger partial charge in [-0.25, -0.2) is 0 Å². The van der Waals surface area contributed by atoms with Crippen molar-refractivity contribution in [2.45, 2.75) is 0 Å². The van der Waals surface area contributed by atoms with Crippen LogP contribution in [0, 0.1) is 18.8 Å². The molecule has 6 aromatic rings. The first-order valence-electron chi connectivity index (χ1n) is 13.6. The van der Waals surface area contributed by atoms with Crippen LogP contribution in [-0.2, 0) is 28.1 Å². The zero-order valence-electron chi connectivity index (χ0n) is 23.2. The summed E-state index contributed by atoms with van der Waals surface area (Å²) in [5.41, 5.74) is 6.76. The third-order valence-electron chi connectivity index (χ3n) is 7.01. The Morgan fingerprint density at radius 2 is 1.30 bits per heavy atom. The minimum atomic E-state index is 0. The Bertz CT molecular complexity index is 1860. The molecule has 0 fully saturated rings. The molecule has 2 heterocycles. The van der Waals surface area contributed by atoms with E-state index in [0.29, 0.717) is 11.5 Å². The summed E-state index contributed by atoms with van der Waals surface area (Å²) in [4.78, 5) is 7.07. The number of hydrogen-bond acceptors (Lipinski definition) is 5. The number of ether oxygens (including phenoxy) is 1. The van der Waals surface area contributed by atoms with Crippen LogP contribution in [0.1, 0.15) is 0 Å². The Hall–Kier alpha value is -4.93. The molecule has 0 radical (unpaired) electrons. The van der Waals surface area contributed by atoms with Gasteiger partial charge in [-0.2, -0.15) is 11.2 Å². The van der Waals surface area contributed by atoms with Crippen molar-refractivity contribution in [3.8, 4) is 45.4 Å². The number of nitrogens with zero attached hydrogens (tertiary/aromatic N) is 5. The third kappa shape index (κ3) is 5.88. The standard InChI is InChI=1S/C36H26N5O.Pt/c1-39-35(28-15-7-3-8-16-28)34(27-13-5-2-6-14-27)38-36(39)29-17-11-21-32(23-29)42-33-22-12-20-31(24-33)41-26-40(25-37-41)30-18-9-4-10-19-30;/h2-22,25-26H,1H3;/q-3;. The van der Waals surface area contributed by atoms with Crippen LogP contribution in [0.5, 0.6) is 11.5 Å². The summed E-state index contributed by atoms with van der Waals surface area (Å²) in [6, 6.07) is 49.0. The van der Waals surface area contributed by atoms with Gasteiger partial charge in [-0.15, -0.1) is 48.6 Å². The van der Waals surface area contributed by atoms with Crippen LogP contribution < -0.4 is 14.6 Å². The molecule has 0 amide bonds. The zero-order valence-corrected chi connectivity index (χ0v) is 25.5. The SMILES string of the molecule is Cn1c(-c2[c-]c(Oc3[c-]c(N4[CH-]N(c5ccccc5)C=N4)ccc3)ccc2)nc(-c2ccccc2)c1-c1ccccc1.[Pt]. The fourth-order valence-electron chi connectivity index (χ4n) is 5.00. The molecule has 7 rings (SSSR count). The van der Waals surface area contributed by atoms with Crippen molar-refractivity contribution in [3.05, 3.63) is 146 Å². The number of rotatable bonds is 7. The van der Waals surface area contributed by atoms with E-state index in [-0.39, 0.29) is 21.1 Å². The molecular weight excluding hydrogens is 714 g/mol. The monoisotopic (exact) mass is 739 g/mol. The Morgan fingerprint density at radius 1 is 0.674 bits per heavy atom. The molecule has 0 N–H and O–H groups in total. The first-order valence-corrected chi connectivity index (χ1v) is 13.6. The first kappa shape index (κ1) is 28.2. The van der Waals surface area contributed by atoms with Gasteiger partial charge >= 0.3 is 0 Å². The molecule has 0 saturated heterocycles. The van der Waals surface area contributed by atoms with Crippen LogP contribution >= 0.6 is 0 Å². The summed E-state index contributed by atoms with van der Waals surface area (Å²) in [6.45, 7) is 1.91. The first-order chi connectivity index (χ1) is 20.7. The fraction of sp³-hybridized carbons (Fsp3) is 0.0278. The van der Waals surface area contributed by atoms with Gasteiger partial charge in [0.15, 0.2) is 0 Å². The second kappa shape index (κ2) is 12.5. The van der Waals surface area contributed by atoms with Gasteiger partial charge in [0, 0.05) is 50.9 Å². The van der Waals surface area contributed by atoms with Crippen LogP contribution in [0.4, 0.5) is 11.4 Å². The third-order valence-corrected chi connectivity index (χ3v) is 7.01. The average Bonchev–Trinajstić information content (AvgIpc) is 3.68.